The Balaban J connectivity index is 1.90. The van der Waals surface area contributed by atoms with Gasteiger partial charge in [-0.15, -0.1) is 0 Å². The zero-order valence-corrected chi connectivity index (χ0v) is 14.5. The Morgan fingerprint density at radius 2 is 1.68 bits per heavy atom. The molecule has 1 N–H and O–H groups in total. The highest BCUT2D eigenvalue weighted by molar-refractivity contribution is 5.96. The standard InChI is InChI=1S/C19H21NO5/c1-13(21)15-6-4-5-7-16(15)25-12-19(22)20-11-14-8-9-17(23-2)18(10-14)24-3/h4-10H,11-12H2,1-3H3,(H,20,22). The fourth-order valence-corrected chi connectivity index (χ4v) is 2.27. The van der Waals surface area contributed by atoms with Gasteiger partial charge in [0.25, 0.3) is 5.91 Å². The first kappa shape index (κ1) is 18.3. The topological polar surface area (TPSA) is 73.9 Å². The number of hydrogen-bond acceptors (Lipinski definition) is 5. The van der Waals surface area contributed by atoms with Gasteiger partial charge >= 0.3 is 0 Å². The molecule has 6 heteroatoms. The number of ether oxygens (including phenoxy) is 3. The monoisotopic (exact) mass is 343 g/mol. The second-order valence-corrected chi connectivity index (χ2v) is 5.31. The summed E-state index contributed by atoms with van der Waals surface area (Å²) in [7, 11) is 3.12. The lowest BCUT2D eigenvalue weighted by molar-refractivity contribution is -0.123. The maximum absolute atomic E-state index is 12.0. The van der Waals surface area contributed by atoms with Crippen molar-refractivity contribution < 1.29 is 23.8 Å². The molecule has 0 aliphatic heterocycles. The highest BCUT2D eigenvalue weighted by Gasteiger charge is 2.10. The SMILES string of the molecule is COc1ccc(CNC(=O)COc2ccccc2C(C)=O)cc1OC. The van der Waals surface area contributed by atoms with Gasteiger partial charge in [-0.1, -0.05) is 18.2 Å². The lowest BCUT2D eigenvalue weighted by Crippen LogP contribution is -2.28. The van der Waals surface area contributed by atoms with Crippen LogP contribution in [0.3, 0.4) is 0 Å². The van der Waals surface area contributed by atoms with Gasteiger partial charge in [0, 0.05) is 6.54 Å². The molecule has 25 heavy (non-hydrogen) atoms. The van der Waals surface area contributed by atoms with E-state index < -0.39 is 0 Å². The van der Waals surface area contributed by atoms with Crippen LogP contribution >= 0.6 is 0 Å². The summed E-state index contributed by atoms with van der Waals surface area (Å²) in [6, 6.07) is 12.3. The Labute approximate surface area is 146 Å². The van der Waals surface area contributed by atoms with Crippen LogP contribution in [0.1, 0.15) is 22.8 Å². The normalized spacial score (nSPS) is 10.0. The Kier molecular flexibility index (Phi) is 6.39. The van der Waals surface area contributed by atoms with Gasteiger partial charge in [-0.05, 0) is 36.8 Å². The number of Topliss-reactive ketones (excluding diaryl/α,β-unsaturated/α-hetero) is 1. The molecular weight excluding hydrogens is 322 g/mol. The predicted octanol–water partition coefficient (Wildman–Crippen LogP) is 2.60. The van der Waals surface area contributed by atoms with Gasteiger partial charge in [0.1, 0.15) is 5.75 Å². The van der Waals surface area contributed by atoms with Crippen molar-refractivity contribution in [1.29, 1.82) is 0 Å². The Bertz CT molecular complexity index is 757. The molecule has 2 aromatic rings. The van der Waals surface area contributed by atoms with Crippen molar-refractivity contribution in [3.8, 4) is 17.2 Å². The van der Waals surface area contributed by atoms with Crippen LogP contribution in [-0.2, 0) is 11.3 Å². The minimum Gasteiger partial charge on any atom is -0.493 e. The molecule has 0 saturated heterocycles. The largest absolute Gasteiger partial charge is 0.493 e. The second kappa shape index (κ2) is 8.73. The van der Waals surface area contributed by atoms with E-state index in [1.807, 2.05) is 6.07 Å². The van der Waals surface area contributed by atoms with Crippen molar-refractivity contribution in [1.82, 2.24) is 5.32 Å². The maximum Gasteiger partial charge on any atom is 0.258 e. The van der Waals surface area contributed by atoms with Crippen LogP contribution in [0.4, 0.5) is 0 Å². The highest BCUT2D eigenvalue weighted by Crippen LogP contribution is 2.27. The number of amides is 1. The van der Waals surface area contributed by atoms with E-state index in [4.69, 9.17) is 14.2 Å². The molecule has 0 spiro atoms. The van der Waals surface area contributed by atoms with Crippen LogP contribution in [0.2, 0.25) is 0 Å². The molecule has 0 unspecified atom stereocenters. The molecule has 6 nitrogen and oxygen atoms in total. The fraction of sp³-hybridized carbons (Fsp3) is 0.263. The molecule has 0 heterocycles. The molecule has 0 saturated carbocycles. The van der Waals surface area contributed by atoms with Crippen molar-refractivity contribution in [2.24, 2.45) is 0 Å². The van der Waals surface area contributed by atoms with E-state index in [9.17, 15) is 9.59 Å². The van der Waals surface area contributed by atoms with Gasteiger partial charge in [-0.2, -0.15) is 0 Å². The van der Waals surface area contributed by atoms with Crippen LogP contribution in [0.5, 0.6) is 17.2 Å². The van der Waals surface area contributed by atoms with E-state index in [0.717, 1.165) is 5.56 Å². The molecule has 1 amide bonds. The maximum atomic E-state index is 12.0. The third-order valence-electron chi connectivity index (χ3n) is 3.56. The van der Waals surface area contributed by atoms with Crippen LogP contribution in [0.25, 0.3) is 0 Å². The zero-order chi connectivity index (χ0) is 18.2. The summed E-state index contributed by atoms with van der Waals surface area (Å²) < 4.78 is 15.9. The number of ketones is 1. The van der Waals surface area contributed by atoms with Crippen molar-refractivity contribution >= 4 is 11.7 Å². The van der Waals surface area contributed by atoms with Gasteiger partial charge in [-0.25, -0.2) is 0 Å². The lowest BCUT2D eigenvalue weighted by Gasteiger charge is -2.11. The smallest absolute Gasteiger partial charge is 0.258 e. The Morgan fingerprint density at radius 1 is 0.960 bits per heavy atom. The van der Waals surface area contributed by atoms with Gasteiger partial charge < -0.3 is 19.5 Å². The molecule has 0 aliphatic rings. The van der Waals surface area contributed by atoms with E-state index in [0.29, 0.717) is 29.4 Å². The number of para-hydroxylation sites is 1. The summed E-state index contributed by atoms with van der Waals surface area (Å²) in [5.41, 5.74) is 1.32. The minimum absolute atomic E-state index is 0.110. The Hall–Kier alpha value is -3.02. The molecule has 0 bridgehead atoms. The third kappa shape index (κ3) is 4.97. The second-order valence-electron chi connectivity index (χ2n) is 5.31. The van der Waals surface area contributed by atoms with Gasteiger partial charge in [0.05, 0.1) is 19.8 Å². The number of rotatable bonds is 8. The fourth-order valence-electron chi connectivity index (χ4n) is 2.27. The molecule has 0 aliphatic carbocycles. The summed E-state index contributed by atoms with van der Waals surface area (Å²) in [6.45, 7) is 1.62. The molecule has 132 valence electrons. The summed E-state index contributed by atoms with van der Waals surface area (Å²) in [4.78, 5) is 23.5. The first-order valence-electron chi connectivity index (χ1n) is 7.75. The van der Waals surface area contributed by atoms with E-state index in [2.05, 4.69) is 5.32 Å². The minimum atomic E-state index is -0.284. The number of benzene rings is 2. The summed E-state index contributed by atoms with van der Waals surface area (Å²) >= 11 is 0. The lowest BCUT2D eigenvalue weighted by atomic mass is 10.1. The average molecular weight is 343 g/mol. The number of nitrogens with one attached hydrogen (secondary N) is 1. The third-order valence-corrected chi connectivity index (χ3v) is 3.56. The zero-order valence-electron chi connectivity index (χ0n) is 14.5. The first-order chi connectivity index (χ1) is 12.0. The van der Waals surface area contributed by atoms with Crippen LogP contribution in [0.15, 0.2) is 42.5 Å². The van der Waals surface area contributed by atoms with E-state index in [1.54, 1.807) is 50.6 Å². The van der Waals surface area contributed by atoms with Gasteiger partial charge in [0.15, 0.2) is 23.9 Å². The quantitative estimate of drug-likeness (QED) is 0.746. The van der Waals surface area contributed by atoms with E-state index in [-0.39, 0.29) is 18.3 Å². The molecular formula is C19H21NO5. The average Bonchev–Trinajstić information content (AvgIpc) is 2.64. The first-order valence-corrected chi connectivity index (χ1v) is 7.75. The summed E-state index contributed by atoms with van der Waals surface area (Å²) in [6.07, 6.45) is 0. The molecule has 0 radical (unpaired) electrons. The van der Waals surface area contributed by atoms with Crippen molar-refractivity contribution in [2.45, 2.75) is 13.5 Å². The number of methoxy groups -OCH3 is 2. The summed E-state index contributed by atoms with van der Waals surface area (Å²) in [5.74, 6) is 1.23. The number of carbonyl (C=O) groups is 2. The van der Waals surface area contributed by atoms with Crippen molar-refractivity contribution in [3.05, 3.63) is 53.6 Å². The van der Waals surface area contributed by atoms with E-state index in [1.165, 1.54) is 6.92 Å². The van der Waals surface area contributed by atoms with Crippen LogP contribution < -0.4 is 19.5 Å². The molecule has 0 fully saturated rings. The number of carbonyl (C=O) groups excluding carboxylic acids is 2. The van der Waals surface area contributed by atoms with Crippen LogP contribution in [-0.4, -0.2) is 32.5 Å². The molecule has 0 atom stereocenters. The predicted molar refractivity (Wildman–Crippen MR) is 93.3 cm³/mol. The van der Waals surface area contributed by atoms with E-state index >= 15 is 0 Å². The molecule has 2 rings (SSSR count). The Morgan fingerprint density at radius 3 is 2.36 bits per heavy atom. The van der Waals surface area contributed by atoms with Crippen LogP contribution in [0, 0.1) is 0 Å². The van der Waals surface area contributed by atoms with Crippen molar-refractivity contribution in [2.75, 3.05) is 20.8 Å². The van der Waals surface area contributed by atoms with Crippen molar-refractivity contribution in [3.63, 3.8) is 0 Å². The van der Waals surface area contributed by atoms with Gasteiger partial charge in [-0.3, -0.25) is 9.59 Å². The number of hydrogen-bond donors (Lipinski definition) is 1. The molecule has 2 aromatic carbocycles. The van der Waals surface area contributed by atoms with Gasteiger partial charge in [0.2, 0.25) is 0 Å². The summed E-state index contributed by atoms with van der Waals surface area (Å²) in [5, 5.41) is 2.76. The highest BCUT2D eigenvalue weighted by atomic mass is 16.5. The molecule has 0 aromatic heterocycles.